The molecule has 204 valence electrons. The monoisotopic (exact) mass is 520 g/mol. The van der Waals surface area contributed by atoms with E-state index in [0.29, 0.717) is 55.2 Å². The normalized spacial score (nSPS) is 21.8. The van der Waals surface area contributed by atoms with Gasteiger partial charge in [-0.25, -0.2) is 0 Å². The molecule has 0 bridgehead atoms. The second-order valence-electron chi connectivity index (χ2n) is 8.68. The lowest BCUT2D eigenvalue weighted by atomic mass is 9.77. The van der Waals surface area contributed by atoms with Crippen molar-refractivity contribution in [1.29, 1.82) is 0 Å². The number of benzene rings is 1. The molecule has 3 N–H and O–H groups in total. The van der Waals surface area contributed by atoms with Gasteiger partial charge in [0, 0.05) is 49.6 Å². The van der Waals surface area contributed by atoms with Crippen LogP contribution in [-0.4, -0.2) is 105 Å². The zero-order valence-electron chi connectivity index (χ0n) is 21.5. The Morgan fingerprint density at radius 1 is 1.22 bits per heavy atom. The Labute approximate surface area is 216 Å². The summed E-state index contributed by atoms with van der Waals surface area (Å²) in [5.41, 5.74) is 1.12. The highest BCUT2D eigenvalue weighted by Gasteiger charge is 2.51. The summed E-state index contributed by atoms with van der Waals surface area (Å²) in [5, 5.41) is 23.4. The van der Waals surface area contributed by atoms with Crippen molar-refractivity contribution in [1.82, 2.24) is 10.2 Å². The van der Waals surface area contributed by atoms with E-state index in [4.69, 9.17) is 18.9 Å². The lowest BCUT2D eigenvalue weighted by molar-refractivity contribution is -0.142. The van der Waals surface area contributed by atoms with Gasteiger partial charge in [0.25, 0.3) is 0 Å². The second-order valence-corrected chi connectivity index (χ2v) is 8.68. The molecular weight excluding hydrogens is 484 g/mol. The molecule has 1 aliphatic heterocycles. The van der Waals surface area contributed by atoms with Crippen LogP contribution in [0.25, 0.3) is 0 Å². The minimum absolute atomic E-state index is 0.0214. The van der Waals surface area contributed by atoms with Gasteiger partial charge in [0.2, 0.25) is 11.8 Å². The van der Waals surface area contributed by atoms with Crippen molar-refractivity contribution in [3.63, 3.8) is 0 Å². The van der Waals surface area contributed by atoms with Gasteiger partial charge in [-0.05, 0) is 38.5 Å². The first-order chi connectivity index (χ1) is 17.9. The fraction of sp³-hybridized carbons (Fsp3) is 0.577. The number of hydrogen-bond donors (Lipinski definition) is 3. The summed E-state index contributed by atoms with van der Waals surface area (Å²) in [6.07, 6.45) is 0.626. The summed E-state index contributed by atoms with van der Waals surface area (Å²) in [7, 11) is 1.44. The molecule has 0 fully saturated rings. The molecule has 1 aromatic rings. The van der Waals surface area contributed by atoms with Crippen LogP contribution in [0.2, 0.25) is 0 Å². The Bertz CT molecular complexity index is 997. The van der Waals surface area contributed by atoms with Gasteiger partial charge >= 0.3 is 0 Å². The number of amides is 2. The standard InChI is InChI=1S/C26H36N2O9/c1-4-35-10-6-8-28(21(31)15-36-5-2)19-13-18(26(33)27-7-9-29)22-17-11-16(14-30)12-20(34-3)24(17)37-25(22)23(19)32/h11-14,19,22-23,25,29,32H,4-10,15H2,1-3H3,(H,27,33). The number of carbonyl (C=O) groups is 3. The van der Waals surface area contributed by atoms with E-state index >= 15 is 0 Å². The molecule has 1 heterocycles. The van der Waals surface area contributed by atoms with E-state index in [1.54, 1.807) is 19.1 Å². The fourth-order valence-electron chi connectivity index (χ4n) is 4.75. The average molecular weight is 521 g/mol. The van der Waals surface area contributed by atoms with E-state index in [1.165, 1.54) is 18.1 Å². The molecule has 0 spiro atoms. The van der Waals surface area contributed by atoms with E-state index in [1.807, 2.05) is 6.92 Å². The second kappa shape index (κ2) is 13.5. The molecule has 1 aromatic carbocycles. The number of fused-ring (bicyclic) bond motifs is 3. The van der Waals surface area contributed by atoms with Gasteiger partial charge < -0.3 is 39.4 Å². The SMILES string of the molecule is CCOCCCN(C(=O)COCC)C1C=C(C(=O)NCCO)C2c3cc(C=O)cc(OC)c3OC2C1O. The molecular formula is C26H36N2O9. The zero-order valence-corrected chi connectivity index (χ0v) is 21.5. The van der Waals surface area contributed by atoms with Crippen molar-refractivity contribution >= 4 is 18.1 Å². The van der Waals surface area contributed by atoms with E-state index in [-0.39, 0.29) is 37.8 Å². The van der Waals surface area contributed by atoms with Gasteiger partial charge in [0.1, 0.15) is 25.1 Å². The number of aliphatic hydroxyl groups excluding tert-OH is 2. The lowest BCUT2D eigenvalue weighted by Gasteiger charge is -2.40. The van der Waals surface area contributed by atoms with Crippen LogP contribution in [0.4, 0.5) is 0 Å². The molecule has 0 saturated carbocycles. The van der Waals surface area contributed by atoms with Crippen LogP contribution >= 0.6 is 0 Å². The van der Waals surface area contributed by atoms with Crippen LogP contribution in [0, 0.1) is 0 Å². The van der Waals surface area contributed by atoms with Crippen molar-refractivity contribution in [2.45, 2.75) is 44.4 Å². The first-order valence-electron chi connectivity index (χ1n) is 12.5. The summed E-state index contributed by atoms with van der Waals surface area (Å²) in [6.45, 7) is 4.80. The number of hydrogen-bond acceptors (Lipinski definition) is 9. The lowest BCUT2D eigenvalue weighted by Crippen LogP contribution is -2.56. The number of methoxy groups -OCH3 is 1. The number of aldehydes is 1. The maximum atomic E-state index is 13.3. The molecule has 11 heteroatoms. The smallest absolute Gasteiger partial charge is 0.249 e. The van der Waals surface area contributed by atoms with Crippen LogP contribution in [0.3, 0.4) is 0 Å². The van der Waals surface area contributed by atoms with E-state index in [2.05, 4.69) is 5.32 Å². The van der Waals surface area contributed by atoms with E-state index < -0.39 is 30.1 Å². The molecule has 2 aliphatic rings. The molecule has 0 saturated heterocycles. The zero-order chi connectivity index (χ0) is 26.9. The van der Waals surface area contributed by atoms with Crippen molar-refractivity contribution < 1.29 is 43.5 Å². The summed E-state index contributed by atoms with van der Waals surface area (Å²) < 4.78 is 22.3. The highest BCUT2D eigenvalue weighted by atomic mass is 16.5. The first kappa shape index (κ1) is 28.6. The van der Waals surface area contributed by atoms with Crippen molar-refractivity contribution in [2.24, 2.45) is 0 Å². The molecule has 0 radical (unpaired) electrons. The molecule has 0 aromatic heterocycles. The van der Waals surface area contributed by atoms with Gasteiger partial charge in [0.05, 0.1) is 25.7 Å². The summed E-state index contributed by atoms with van der Waals surface area (Å²) in [4.78, 5) is 39.5. The summed E-state index contributed by atoms with van der Waals surface area (Å²) in [5.74, 6) is -0.912. The van der Waals surface area contributed by atoms with Gasteiger partial charge in [-0.2, -0.15) is 0 Å². The topological polar surface area (TPSA) is 144 Å². The Morgan fingerprint density at radius 2 is 1.97 bits per heavy atom. The van der Waals surface area contributed by atoms with Crippen molar-refractivity contribution in [3.8, 4) is 11.5 Å². The Hall–Kier alpha value is -2.99. The minimum Gasteiger partial charge on any atom is -0.493 e. The van der Waals surface area contributed by atoms with Gasteiger partial charge in [-0.3, -0.25) is 14.4 Å². The Kier molecular flexibility index (Phi) is 10.4. The molecule has 2 amide bonds. The highest BCUT2D eigenvalue weighted by molar-refractivity contribution is 5.96. The largest absolute Gasteiger partial charge is 0.493 e. The van der Waals surface area contributed by atoms with Crippen molar-refractivity contribution in [2.75, 3.05) is 53.2 Å². The van der Waals surface area contributed by atoms with E-state index in [0.717, 1.165) is 0 Å². The number of carbonyl (C=O) groups excluding carboxylic acids is 3. The summed E-state index contributed by atoms with van der Waals surface area (Å²) >= 11 is 0. The third-order valence-electron chi connectivity index (χ3n) is 6.41. The first-order valence-corrected chi connectivity index (χ1v) is 12.5. The van der Waals surface area contributed by atoms with Crippen LogP contribution in [-0.2, 0) is 19.1 Å². The van der Waals surface area contributed by atoms with Crippen LogP contribution < -0.4 is 14.8 Å². The predicted molar refractivity (Wildman–Crippen MR) is 133 cm³/mol. The predicted octanol–water partition coefficient (Wildman–Crippen LogP) is 0.422. The van der Waals surface area contributed by atoms with Crippen LogP contribution in [0.5, 0.6) is 11.5 Å². The average Bonchev–Trinajstić information content (AvgIpc) is 3.30. The maximum absolute atomic E-state index is 13.3. The molecule has 4 unspecified atom stereocenters. The number of ether oxygens (including phenoxy) is 4. The number of nitrogens with zero attached hydrogens (tertiary/aromatic N) is 1. The molecule has 3 rings (SSSR count). The van der Waals surface area contributed by atoms with Gasteiger partial charge in [-0.1, -0.05) is 0 Å². The molecule has 1 aliphatic carbocycles. The molecule has 4 atom stereocenters. The quantitative estimate of drug-likeness (QED) is 0.235. The third kappa shape index (κ3) is 6.30. The fourth-order valence-corrected chi connectivity index (χ4v) is 4.75. The Morgan fingerprint density at radius 3 is 2.62 bits per heavy atom. The Balaban J connectivity index is 2.06. The molecule has 11 nitrogen and oxygen atoms in total. The van der Waals surface area contributed by atoms with Crippen molar-refractivity contribution in [3.05, 3.63) is 34.9 Å². The highest BCUT2D eigenvalue weighted by Crippen LogP contribution is 2.51. The molecule has 37 heavy (non-hydrogen) atoms. The van der Waals surface area contributed by atoms with E-state index in [9.17, 15) is 24.6 Å². The minimum atomic E-state index is -1.20. The van der Waals surface area contributed by atoms with Crippen LogP contribution in [0.1, 0.15) is 42.1 Å². The van der Waals surface area contributed by atoms with Gasteiger partial charge in [-0.15, -0.1) is 0 Å². The maximum Gasteiger partial charge on any atom is 0.249 e. The summed E-state index contributed by atoms with van der Waals surface area (Å²) in [6, 6.07) is 2.24. The number of aliphatic hydroxyl groups is 2. The third-order valence-corrected chi connectivity index (χ3v) is 6.41. The van der Waals surface area contributed by atoms with Gasteiger partial charge in [0.15, 0.2) is 11.5 Å². The number of nitrogens with one attached hydrogen (secondary N) is 1. The number of rotatable bonds is 14. The van der Waals surface area contributed by atoms with Crippen LogP contribution in [0.15, 0.2) is 23.8 Å².